The molecule has 0 atom stereocenters. The quantitative estimate of drug-likeness (QED) is 0.828. The third-order valence-corrected chi connectivity index (χ3v) is 5.79. The minimum atomic E-state index is -0.00446. The first-order chi connectivity index (χ1) is 12.7. The van der Waals surface area contributed by atoms with Gasteiger partial charge in [0, 0.05) is 50.5 Å². The third-order valence-electron chi connectivity index (χ3n) is 5.79. The van der Waals surface area contributed by atoms with Gasteiger partial charge in [0.1, 0.15) is 5.69 Å². The molecule has 26 heavy (non-hydrogen) atoms. The van der Waals surface area contributed by atoms with Crippen LogP contribution >= 0.6 is 0 Å². The van der Waals surface area contributed by atoms with Gasteiger partial charge in [0.2, 0.25) is 5.91 Å². The maximum atomic E-state index is 12.9. The first-order valence-corrected chi connectivity index (χ1v) is 9.84. The first-order valence-electron chi connectivity index (χ1n) is 9.84. The van der Waals surface area contributed by atoms with Crippen molar-refractivity contribution < 1.29 is 14.3 Å². The van der Waals surface area contributed by atoms with Crippen molar-refractivity contribution in [3.63, 3.8) is 0 Å². The van der Waals surface area contributed by atoms with Crippen LogP contribution < -0.4 is 0 Å². The van der Waals surface area contributed by atoms with Crippen LogP contribution in [0.25, 0.3) is 0 Å². The van der Waals surface area contributed by atoms with Gasteiger partial charge in [-0.05, 0) is 50.7 Å². The molecule has 3 fully saturated rings. The molecule has 1 aromatic rings. The Bertz CT molecular complexity index is 633. The van der Waals surface area contributed by atoms with Gasteiger partial charge >= 0.3 is 0 Å². The molecule has 0 N–H and O–H groups in total. The SMILES string of the molecule is O=C(c1ccccn1)N1CCC(N(C(=O)C2CC2)C2CCOCC2)CC1. The molecule has 2 amide bonds. The number of likely N-dealkylation sites (tertiary alicyclic amines) is 1. The zero-order valence-corrected chi connectivity index (χ0v) is 15.2. The molecule has 4 rings (SSSR count). The summed E-state index contributed by atoms with van der Waals surface area (Å²) in [6, 6.07) is 5.98. The number of hydrogen-bond acceptors (Lipinski definition) is 4. The molecule has 0 spiro atoms. The Labute approximate surface area is 154 Å². The molecule has 0 radical (unpaired) electrons. The van der Waals surface area contributed by atoms with Gasteiger partial charge in [-0.15, -0.1) is 0 Å². The molecule has 2 aliphatic heterocycles. The molecule has 1 aliphatic carbocycles. The van der Waals surface area contributed by atoms with E-state index in [1.807, 2.05) is 17.0 Å². The van der Waals surface area contributed by atoms with Gasteiger partial charge in [-0.3, -0.25) is 14.6 Å². The third kappa shape index (κ3) is 3.75. The molecule has 3 aliphatic rings. The lowest BCUT2D eigenvalue weighted by Gasteiger charge is -2.43. The summed E-state index contributed by atoms with van der Waals surface area (Å²) < 4.78 is 5.49. The fourth-order valence-electron chi connectivity index (χ4n) is 4.16. The average Bonchev–Trinajstić information content (AvgIpc) is 3.55. The van der Waals surface area contributed by atoms with Crippen LogP contribution in [0.3, 0.4) is 0 Å². The molecule has 2 saturated heterocycles. The smallest absolute Gasteiger partial charge is 0.272 e. The van der Waals surface area contributed by atoms with Crippen LogP contribution in [0.1, 0.15) is 49.0 Å². The molecular formula is C20H27N3O3. The van der Waals surface area contributed by atoms with E-state index in [2.05, 4.69) is 9.88 Å². The van der Waals surface area contributed by atoms with Crippen molar-refractivity contribution in [1.29, 1.82) is 0 Å². The number of amides is 2. The molecule has 3 heterocycles. The van der Waals surface area contributed by atoms with Crippen molar-refractivity contribution >= 4 is 11.8 Å². The summed E-state index contributed by atoms with van der Waals surface area (Å²) in [4.78, 5) is 33.8. The normalized spacial score (nSPS) is 22.2. The van der Waals surface area contributed by atoms with E-state index in [1.54, 1.807) is 12.3 Å². The number of rotatable bonds is 4. The second kappa shape index (κ2) is 7.74. The lowest BCUT2D eigenvalue weighted by Crippen LogP contribution is -2.54. The highest BCUT2D eigenvalue weighted by atomic mass is 16.5. The predicted molar refractivity (Wildman–Crippen MR) is 96.6 cm³/mol. The fourth-order valence-corrected chi connectivity index (χ4v) is 4.16. The van der Waals surface area contributed by atoms with Crippen molar-refractivity contribution in [2.24, 2.45) is 5.92 Å². The van der Waals surface area contributed by atoms with Crippen LogP contribution in [0.4, 0.5) is 0 Å². The Morgan fingerprint density at radius 3 is 2.31 bits per heavy atom. The Morgan fingerprint density at radius 2 is 1.69 bits per heavy atom. The van der Waals surface area contributed by atoms with Gasteiger partial charge in [-0.1, -0.05) is 6.07 Å². The lowest BCUT2D eigenvalue weighted by atomic mass is 9.97. The number of carbonyl (C=O) groups is 2. The number of carbonyl (C=O) groups excluding carboxylic acids is 2. The summed E-state index contributed by atoms with van der Waals surface area (Å²) in [7, 11) is 0. The maximum absolute atomic E-state index is 12.9. The molecule has 1 aromatic heterocycles. The number of ether oxygens (including phenoxy) is 1. The zero-order chi connectivity index (χ0) is 17.9. The van der Waals surface area contributed by atoms with Crippen LogP contribution in [0.15, 0.2) is 24.4 Å². The molecule has 0 bridgehead atoms. The standard InChI is InChI=1S/C20H27N3O3/c24-19(15-4-5-15)23(17-8-13-26-14-9-17)16-6-11-22(12-7-16)20(25)18-3-1-2-10-21-18/h1-3,10,15-17H,4-9,11-14H2. The van der Waals surface area contributed by atoms with Gasteiger partial charge in [0.05, 0.1) is 0 Å². The number of aromatic nitrogens is 1. The van der Waals surface area contributed by atoms with E-state index in [9.17, 15) is 9.59 Å². The monoisotopic (exact) mass is 357 g/mol. The van der Waals surface area contributed by atoms with Gasteiger partial charge in [-0.25, -0.2) is 0 Å². The van der Waals surface area contributed by atoms with Crippen molar-refractivity contribution in [2.45, 2.75) is 50.6 Å². The summed E-state index contributed by atoms with van der Waals surface area (Å²) in [5.41, 5.74) is 0.501. The zero-order valence-electron chi connectivity index (χ0n) is 15.2. The highest BCUT2D eigenvalue weighted by Gasteiger charge is 2.41. The number of nitrogens with zero attached hydrogens (tertiary/aromatic N) is 3. The number of pyridine rings is 1. The minimum absolute atomic E-state index is 0.00446. The molecule has 0 unspecified atom stereocenters. The van der Waals surface area contributed by atoms with Gasteiger partial charge < -0.3 is 14.5 Å². The topological polar surface area (TPSA) is 62.7 Å². The van der Waals surface area contributed by atoms with Crippen molar-refractivity contribution in [1.82, 2.24) is 14.8 Å². The summed E-state index contributed by atoms with van der Waals surface area (Å²) in [5, 5.41) is 0. The predicted octanol–water partition coefficient (Wildman–Crippen LogP) is 2.10. The van der Waals surface area contributed by atoms with E-state index >= 15 is 0 Å². The van der Waals surface area contributed by atoms with E-state index in [4.69, 9.17) is 4.74 Å². The maximum Gasteiger partial charge on any atom is 0.272 e. The summed E-state index contributed by atoms with van der Waals surface area (Å²) in [6.45, 7) is 2.88. The Morgan fingerprint density at radius 1 is 1.00 bits per heavy atom. The highest BCUT2D eigenvalue weighted by molar-refractivity contribution is 5.92. The van der Waals surface area contributed by atoms with Gasteiger partial charge in [0.25, 0.3) is 5.91 Å². The van der Waals surface area contributed by atoms with Crippen LogP contribution in [0, 0.1) is 5.92 Å². The van der Waals surface area contributed by atoms with Crippen molar-refractivity contribution in [3.05, 3.63) is 30.1 Å². The van der Waals surface area contributed by atoms with Crippen LogP contribution in [0.5, 0.6) is 0 Å². The summed E-state index contributed by atoms with van der Waals surface area (Å²) in [6.07, 6.45) is 7.31. The second-order valence-electron chi connectivity index (χ2n) is 7.60. The average molecular weight is 357 g/mol. The van der Waals surface area contributed by atoms with Crippen LogP contribution in [-0.2, 0) is 9.53 Å². The fraction of sp³-hybridized carbons (Fsp3) is 0.650. The van der Waals surface area contributed by atoms with Crippen molar-refractivity contribution in [2.75, 3.05) is 26.3 Å². The first kappa shape index (κ1) is 17.5. The number of piperidine rings is 1. The second-order valence-corrected chi connectivity index (χ2v) is 7.60. The highest BCUT2D eigenvalue weighted by Crippen LogP contribution is 2.35. The Kier molecular flexibility index (Phi) is 5.20. The van der Waals surface area contributed by atoms with E-state index in [0.29, 0.717) is 30.7 Å². The molecular weight excluding hydrogens is 330 g/mol. The molecule has 6 nitrogen and oxygen atoms in total. The minimum Gasteiger partial charge on any atom is -0.381 e. The summed E-state index contributed by atoms with van der Waals surface area (Å²) >= 11 is 0. The molecule has 140 valence electrons. The van der Waals surface area contributed by atoms with Crippen LogP contribution in [-0.4, -0.2) is 65.0 Å². The van der Waals surface area contributed by atoms with Gasteiger partial charge in [0.15, 0.2) is 0 Å². The van der Waals surface area contributed by atoms with E-state index < -0.39 is 0 Å². The largest absolute Gasteiger partial charge is 0.381 e. The Balaban J connectivity index is 1.41. The molecule has 6 heteroatoms. The van der Waals surface area contributed by atoms with E-state index in [1.165, 1.54) is 0 Å². The number of hydrogen-bond donors (Lipinski definition) is 0. The summed E-state index contributed by atoms with van der Waals surface area (Å²) in [5.74, 6) is 0.576. The van der Waals surface area contributed by atoms with Crippen LogP contribution in [0.2, 0.25) is 0 Å². The molecule has 0 aromatic carbocycles. The lowest BCUT2D eigenvalue weighted by molar-refractivity contribution is -0.141. The van der Waals surface area contributed by atoms with Crippen molar-refractivity contribution in [3.8, 4) is 0 Å². The van der Waals surface area contributed by atoms with Gasteiger partial charge in [-0.2, -0.15) is 0 Å². The Hall–Kier alpha value is -1.95. The van der Waals surface area contributed by atoms with E-state index in [0.717, 1.165) is 51.7 Å². The molecule has 1 saturated carbocycles. The van der Waals surface area contributed by atoms with E-state index in [-0.39, 0.29) is 17.9 Å².